The Kier molecular flexibility index (Phi) is 11.6. The van der Waals surface area contributed by atoms with Gasteiger partial charge in [-0.15, -0.1) is 0 Å². The minimum atomic E-state index is -0.826. The van der Waals surface area contributed by atoms with Gasteiger partial charge in [0.1, 0.15) is 0 Å². The van der Waals surface area contributed by atoms with Crippen molar-refractivity contribution in [2.75, 3.05) is 0 Å². The fourth-order valence-corrected chi connectivity index (χ4v) is 6.67. The Balaban J connectivity index is 0.000000739. The molecule has 2 saturated carbocycles. The van der Waals surface area contributed by atoms with Crippen LogP contribution in [0, 0.1) is 55.8 Å². The van der Waals surface area contributed by atoms with Crippen molar-refractivity contribution in [2.24, 2.45) is 40.9 Å². The van der Waals surface area contributed by atoms with Gasteiger partial charge in [0.2, 0.25) is 0 Å². The minimum absolute atomic E-state index is 0. The van der Waals surface area contributed by atoms with E-state index in [1.54, 1.807) is 0 Å². The zero-order valence-corrected chi connectivity index (χ0v) is 22.1. The Labute approximate surface area is 193 Å². The zero-order chi connectivity index (χ0) is 18.6. The summed E-state index contributed by atoms with van der Waals surface area (Å²) in [6.07, 6.45) is 28.0. The molecule has 4 aliphatic rings. The van der Waals surface area contributed by atoms with Crippen LogP contribution in [0.1, 0.15) is 52.4 Å². The summed E-state index contributed by atoms with van der Waals surface area (Å²) in [6, 6.07) is 0. The number of rotatable bonds is 4. The zero-order valence-electron chi connectivity index (χ0n) is 18.1. The Morgan fingerprint density at radius 1 is 0.821 bits per heavy atom. The molecule has 5 atom stereocenters. The molecular weight excluding hydrogens is 462 g/mol. The molecule has 0 saturated heterocycles. The van der Waals surface area contributed by atoms with Crippen molar-refractivity contribution in [1.29, 1.82) is 0 Å². The normalized spacial score (nSPS) is 34.1. The maximum atomic E-state index is 4.93. The van der Waals surface area contributed by atoms with E-state index in [1.165, 1.54) is 38.5 Å². The Morgan fingerprint density at radius 3 is 1.61 bits per heavy atom. The van der Waals surface area contributed by atoms with Gasteiger partial charge in [0, 0.05) is 0 Å². The SMILES string of the molecule is CCCC(C)(C1CCCC1)C1C2C=CC=CC2C2C=CC=CC21.[CH3-].[CH3-].[Cl][Zr+2][Cl]. The Morgan fingerprint density at radius 2 is 1.21 bits per heavy atom. The van der Waals surface area contributed by atoms with Crippen molar-refractivity contribution in [3.63, 3.8) is 0 Å². The number of halogens is 2. The molecule has 4 rings (SSSR count). The van der Waals surface area contributed by atoms with Crippen LogP contribution in [0.4, 0.5) is 0 Å². The van der Waals surface area contributed by atoms with Crippen LogP contribution in [0.5, 0.6) is 0 Å². The molecule has 2 fully saturated rings. The average Bonchev–Trinajstić information content (AvgIpc) is 3.30. The molecule has 0 heterocycles. The van der Waals surface area contributed by atoms with E-state index < -0.39 is 20.8 Å². The summed E-state index contributed by atoms with van der Waals surface area (Å²) >= 11 is -0.826. The summed E-state index contributed by atoms with van der Waals surface area (Å²) < 4.78 is 0. The van der Waals surface area contributed by atoms with E-state index in [2.05, 4.69) is 62.5 Å². The van der Waals surface area contributed by atoms with Crippen molar-refractivity contribution in [1.82, 2.24) is 0 Å². The number of hydrogen-bond donors (Lipinski definition) is 0. The van der Waals surface area contributed by atoms with Gasteiger partial charge in [-0.2, -0.15) is 0 Å². The first-order valence-electron chi connectivity index (χ1n) is 10.3. The monoisotopic (exact) mass is 498 g/mol. The first-order valence-corrected chi connectivity index (χ1v) is 16.7. The van der Waals surface area contributed by atoms with Gasteiger partial charge in [0.05, 0.1) is 0 Å². The molecule has 0 nitrogen and oxygen atoms in total. The molecule has 0 aliphatic heterocycles. The molecule has 0 bridgehead atoms. The van der Waals surface area contributed by atoms with Gasteiger partial charge in [-0.05, 0) is 60.2 Å². The summed E-state index contributed by atoms with van der Waals surface area (Å²) in [7, 11) is 9.87. The van der Waals surface area contributed by atoms with Gasteiger partial charge in [-0.1, -0.05) is 81.7 Å². The van der Waals surface area contributed by atoms with Crippen LogP contribution in [-0.4, -0.2) is 0 Å². The number of fused-ring (bicyclic) bond motifs is 3. The first-order chi connectivity index (χ1) is 12.7. The summed E-state index contributed by atoms with van der Waals surface area (Å²) in [5.74, 6) is 4.73. The second-order valence-corrected chi connectivity index (χ2v) is 12.4. The van der Waals surface area contributed by atoms with Crippen molar-refractivity contribution in [3.05, 3.63) is 63.5 Å². The van der Waals surface area contributed by atoms with Gasteiger partial charge in [-0.3, -0.25) is 0 Å². The van der Waals surface area contributed by atoms with Gasteiger partial charge in [-0.25, -0.2) is 0 Å². The molecule has 0 aromatic carbocycles. The van der Waals surface area contributed by atoms with E-state index in [1.807, 2.05) is 0 Å². The van der Waals surface area contributed by atoms with Gasteiger partial charge < -0.3 is 14.9 Å². The third kappa shape index (κ3) is 5.18. The van der Waals surface area contributed by atoms with Crippen molar-refractivity contribution in [3.8, 4) is 0 Å². The summed E-state index contributed by atoms with van der Waals surface area (Å²) in [6.45, 7) is 5.05. The van der Waals surface area contributed by atoms with E-state index in [0.29, 0.717) is 5.41 Å². The van der Waals surface area contributed by atoms with Gasteiger partial charge in [0.25, 0.3) is 0 Å². The van der Waals surface area contributed by atoms with Gasteiger partial charge in [0.15, 0.2) is 0 Å². The number of hydrogen-bond acceptors (Lipinski definition) is 0. The summed E-state index contributed by atoms with van der Waals surface area (Å²) in [4.78, 5) is 0. The molecule has 28 heavy (non-hydrogen) atoms. The molecule has 156 valence electrons. The predicted octanol–water partition coefficient (Wildman–Crippen LogP) is 8.61. The van der Waals surface area contributed by atoms with Crippen LogP contribution < -0.4 is 0 Å². The van der Waals surface area contributed by atoms with E-state index in [-0.39, 0.29) is 14.9 Å². The van der Waals surface area contributed by atoms with Crippen LogP contribution in [0.2, 0.25) is 0 Å². The summed E-state index contributed by atoms with van der Waals surface area (Å²) in [5, 5.41) is 0. The molecule has 0 aromatic heterocycles. The first kappa shape index (κ1) is 26.5. The fourth-order valence-electron chi connectivity index (χ4n) is 6.67. The third-order valence-corrected chi connectivity index (χ3v) is 7.56. The maximum absolute atomic E-state index is 4.93. The Hall–Kier alpha value is 0.423. The third-order valence-electron chi connectivity index (χ3n) is 7.56. The Bertz CT molecular complexity index is 539. The van der Waals surface area contributed by atoms with Crippen LogP contribution in [-0.2, 0) is 20.8 Å². The van der Waals surface area contributed by atoms with E-state index >= 15 is 0 Å². The van der Waals surface area contributed by atoms with Crippen LogP contribution in [0.25, 0.3) is 0 Å². The molecule has 4 aliphatic carbocycles. The van der Waals surface area contributed by atoms with E-state index in [9.17, 15) is 0 Å². The molecule has 0 aromatic rings. The number of allylic oxidation sites excluding steroid dienone is 8. The van der Waals surface area contributed by atoms with E-state index in [4.69, 9.17) is 17.0 Å². The fraction of sp³-hybridized carbons (Fsp3) is 0.600. The molecule has 3 heteroatoms. The topological polar surface area (TPSA) is 0 Å². The van der Waals surface area contributed by atoms with E-state index in [0.717, 1.165) is 35.5 Å². The second-order valence-electron chi connectivity index (χ2n) is 8.68. The molecule has 0 N–H and O–H groups in total. The van der Waals surface area contributed by atoms with Crippen molar-refractivity contribution in [2.45, 2.75) is 52.4 Å². The average molecular weight is 501 g/mol. The molecule has 5 unspecified atom stereocenters. The van der Waals surface area contributed by atoms with Crippen molar-refractivity contribution < 1.29 is 20.8 Å². The quantitative estimate of drug-likeness (QED) is 0.339. The van der Waals surface area contributed by atoms with Gasteiger partial charge >= 0.3 is 37.9 Å². The van der Waals surface area contributed by atoms with Crippen LogP contribution in [0.15, 0.2) is 48.6 Å². The van der Waals surface area contributed by atoms with Crippen LogP contribution in [0.3, 0.4) is 0 Å². The summed E-state index contributed by atoms with van der Waals surface area (Å²) in [5.41, 5.74) is 0.513. The molecule has 0 amide bonds. The predicted molar refractivity (Wildman–Crippen MR) is 124 cm³/mol. The molecular formula is C25H38Cl2Zr. The molecule has 0 spiro atoms. The van der Waals surface area contributed by atoms with Crippen molar-refractivity contribution >= 4 is 17.0 Å². The second kappa shape index (κ2) is 12.3. The standard InChI is InChI=1S/C23H32.2CH3.2ClH.Zr/c1-3-16-23(2,17-10-4-5-11-17)22-20-14-8-6-12-18(20)19-13-7-9-15-21(19)22;;;;;/h6-9,12-15,17-22H,3-5,10-11,16H2,1-2H3;2*1H3;2*1H;/q;2*-1;;;+4/p-2. The van der Waals surface area contributed by atoms with Crippen LogP contribution >= 0.6 is 17.0 Å². The molecule has 0 radical (unpaired) electrons.